The zero-order chi connectivity index (χ0) is 16.1. The predicted octanol–water partition coefficient (Wildman–Crippen LogP) is 5.13. The van der Waals surface area contributed by atoms with Crippen molar-refractivity contribution in [1.82, 2.24) is 0 Å². The molecule has 0 radical (unpaired) electrons. The molecule has 0 heterocycles. The van der Waals surface area contributed by atoms with Crippen molar-refractivity contribution >= 4 is 11.6 Å². The summed E-state index contributed by atoms with van der Waals surface area (Å²) in [4.78, 5) is 0. The summed E-state index contributed by atoms with van der Waals surface area (Å²) in [5.74, 6) is 0.601. The normalized spacial score (nSPS) is 10.5. The van der Waals surface area contributed by atoms with Gasteiger partial charge in [-0.1, -0.05) is 37.6 Å². The zero-order valence-electron chi connectivity index (χ0n) is 12.6. The van der Waals surface area contributed by atoms with E-state index in [4.69, 9.17) is 16.3 Å². The summed E-state index contributed by atoms with van der Waals surface area (Å²) in [6, 6.07) is 12.1. The lowest BCUT2D eigenvalue weighted by molar-refractivity contribution is 0.300. The highest BCUT2D eigenvalue weighted by atomic mass is 35.5. The summed E-state index contributed by atoms with van der Waals surface area (Å²) in [6.07, 6.45) is 0.836. The predicted molar refractivity (Wildman–Crippen MR) is 85.4 cm³/mol. The van der Waals surface area contributed by atoms with Crippen LogP contribution in [0.25, 0.3) is 0 Å². The van der Waals surface area contributed by atoms with E-state index in [0.29, 0.717) is 27.8 Å². The summed E-state index contributed by atoms with van der Waals surface area (Å²) >= 11 is 5.96. The monoisotopic (exact) mass is 317 g/mol. The molecule has 0 unspecified atom stereocenters. The largest absolute Gasteiger partial charge is 0.489 e. The van der Waals surface area contributed by atoms with E-state index in [1.165, 1.54) is 6.07 Å². The highest BCUT2D eigenvalue weighted by Crippen LogP contribution is 2.24. The Morgan fingerprint density at radius 2 is 2.05 bits per heavy atom. The van der Waals surface area contributed by atoms with Crippen molar-refractivity contribution in [2.45, 2.75) is 26.9 Å². The fourth-order valence-corrected chi connectivity index (χ4v) is 2.41. The lowest BCUT2D eigenvalue weighted by atomic mass is 9.98. The summed E-state index contributed by atoms with van der Waals surface area (Å²) < 4.78 is 19.3. The molecule has 0 aliphatic heterocycles. The van der Waals surface area contributed by atoms with Crippen molar-refractivity contribution in [3.8, 4) is 11.8 Å². The molecule has 0 atom stereocenters. The van der Waals surface area contributed by atoms with Crippen LogP contribution < -0.4 is 4.74 Å². The molecule has 2 nitrogen and oxygen atoms in total. The molecule has 0 aliphatic rings. The maximum atomic E-state index is 13.7. The minimum atomic E-state index is -0.399. The Bertz CT molecular complexity index is 686. The van der Waals surface area contributed by atoms with Gasteiger partial charge in [-0.2, -0.15) is 5.26 Å². The molecular formula is C18H17ClFNO. The standard InChI is InChI=1S/C18H17ClFNO/c1-12(2)8-13-6-7-15(9-14(13)10-21)22-11-16-17(19)4-3-5-18(16)20/h3-7,9,12H,8,11H2,1-2H3. The Hall–Kier alpha value is -2.05. The van der Waals surface area contributed by atoms with Crippen LogP contribution in [-0.4, -0.2) is 0 Å². The molecule has 114 valence electrons. The molecule has 22 heavy (non-hydrogen) atoms. The van der Waals surface area contributed by atoms with Gasteiger partial charge in [-0.05, 0) is 42.2 Å². The van der Waals surface area contributed by atoms with Gasteiger partial charge in [0.15, 0.2) is 0 Å². The SMILES string of the molecule is CC(C)Cc1ccc(OCc2c(F)cccc2Cl)cc1C#N. The van der Waals surface area contributed by atoms with E-state index >= 15 is 0 Å². The van der Waals surface area contributed by atoms with E-state index in [9.17, 15) is 9.65 Å². The van der Waals surface area contributed by atoms with Crippen molar-refractivity contribution in [2.75, 3.05) is 0 Å². The zero-order valence-corrected chi connectivity index (χ0v) is 13.3. The van der Waals surface area contributed by atoms with E-state index in [2.05, 4.69) is 19.9 Å². The Balaban J connectivity index is 2.16. The van der Waals surface area contributed by atoms with Crippen LogP contribution in [0.5, 0.6) is 5.75 Å². The average molecular weight is 318 g/mol. The topological polar surface area (TPSA) is 33.0 Å². The Labute approximate surface area is 135 Å². The molecule has 2 rings (SSSR count). The lowest BCUT2D eigenvalue weighted by Crippen LogP contribution is -2.01. The average Bonchev–Trinajstić information content (AvgIpc) is 2.47. The summed E-state index contributed by atoms with van der Waals surface area (Å²) in [6.45, 7) is 4.23. The minimum absolute atomic E-state index is 0.0277. The second-order valence-corrected chi connectivity index (χ2v) is 5.92. The van der Waals surface area contributed by atoms with Gasteiger partial charge in [0.25, 0.3) is 0 Å². The Morgan fingerprint density at radius 1 is 1.27 bits per heavy atom. The molecule has 0 fully saturated rings. The maximum absolute atomic E-state index is 13.7. The van der Waals surface area contributed by atoms with Gasteiger partial charge < -0.3 is 4.74 Å². The smallest absolute Gasteiger partial charge is 0.131 e. The Kier molecular flexibility index (Phi) is 5.41. The highest BCUT2D eigenvalue weighted by molar-refractivity contribution is 6.31. The molecule has 0 amide bonds. The van der Waals surface area contributed by atoms with Gasteiger partial charge in [-0.3, -0.25) is 0 Å². The van der Waals surface area contributed by atoms with Crippen LogP contribution in [0.3, 0.4) is 0 Å². The Morgan fingerprint density at radius 3 is 2.68 bits per heavy atom. The third kappa shape index (κ3) is 3.99. The van der Waals surface area contributed by atoms with Crippen LogP contribution in [0.2, 0.25) is 5.02 Å². The molecule has 0 saturated carbocycles. The number of halogens is 2. The van der Waals surface area contributed by atoms with Gasteiger partial charge in [0.05, 0.1) is 16.7 Å². The number of hydrogen-bond acceptors (Lipinski definition) is 2. The van der Waals surface area contributed by atoms with E-state index in [-0.39, 0.29) is 6.61 Å². The molecule has 2 aromatic carbocycles. The summed E-state index contributed by atoms with van der Waals surface area (Å²) in [7, 11) is 0. The number of nitriles is 1. The number of rotatable bonds is 5. The number of ether oxygens (including phenoxy) is 1. The fraction of sp³-hybridized carbons (Fsp3) is 0.278. The molecule has 0 spiro atoms. The van der Waals surface area contributed by atoms with Crippen LogP contribution in [-0.2, 0) is 13.0 Å². The third-order valence-electron chi connectivity index (χ3n) is 3.27. The first kappa shape index (κ1) is 16.3. The highest BCUT2D eigenvalue weighted by Gasteiger charge is 2.10. The second-order valence-electron chi connectivity index (χ2n) is 5.52. The number of hydrogen-bond donors (Lipinski definition) is 0. The first-order chi connectivity index (χ1) is 10.5. The van der Waals surface area contributed by atoms with E-state index in [0.717, 1.165) is 12.0 Å². The van der Waals surface area contributed by atoms with E-state index < -0.39 is 5.82 Å². The van der Waals surface area contributed by atoms with Crippen LogP contribution in [0.15, 0.2) is 36.4 Å². The molecule has 4 heteroatoms. The molecular weight excluding hydrogens is 301 g/mol. The van der Waals surface area contributed by atoms with Crippen molar-refractivity contribution in [3.05, 3.63) is 63.9 Å². The molecule has 0 aliphatic carbocycles. The van der Waals surface area contributed by atoms with E-state index in [1.807, 2.05) is 6.07 Å². The van der Waals surface area contributed by atoms with Gasteiger partial charge in [0, 0.05) is 5.56 Å². The quantitative estimate of drug-likeness (QED) is 0.766. The summed E-state index contributed by atoms with van der Waals surface area (Å²) in [5.41, 5.74) is 1.90. The molecule has 0 N–H and O–H groups in total. The van der Waals surface area contributed by atoms with Gasteiger partial charge >= 0.3 is 0 Å². The number of nitrogens with zero attached hydrogens (tertiary/aromatic N) is 1. The second kappa shape index (κ2) is 7.29. The lowest BCUT2D eigenvalue weighted by Gasteiger charge is -2.11. The third-order valence-corrected chi connectivity index (χ3v) is 3.63. The van der Waals surface area contributed by atoms with Crippen molar-refractivity contribution in [3.63, 3.8) is 0 Å². The fourth-order valence-electron chi connectivity index (χ4n) is 2.19. The molecule has 0 saturated heterocycles. The van der Waals surface area contributed by atoms with Crippen molar-refractivity contribution in [1.29, 1.82) is 5.26 Å². The van der Waals surface area contributed by atoms with Crippen LogP contribution in [0, 0.1) is 23.1 Å². The van der Waals surface area contributed by atoms with Crippen molar-refractivity contribution in [2.24, 2.45) is 5.92 Å². The van der Waals surface area contributed by atoms with E-state index in [1.54, 1.807) is 24.3 Å². The van der Waals surface area contributed by atoms with Crippen molar-refractivity contribution < 1.29 is 9.13 Å². The maximum Gasteiger partial charge on any atom is 0.131 e. The van der Waals surface area contributed by atoms with Gasteiger partial charge in [-0.25, -0.2) is 4.39 Å². The van der Waals surface area contributed by atoms with Crippen LogP contribution in [0.1, 0.15) is 30.5 Å². The van der Waals surface area contributed by atoms with Crippen LogP contribution in [0.4, 0.5) is 4.39 Å². The minimum Gasteiger partial charge on any atom is -0.489 e. The van der Waals surface area contributed by atoms with Gasteiger partial charge in [0.1, 0.15) is 18.2 Å². The van der Waals surface area contributed by atoms with Gasteiger partial charge in [-0.15, -0.1) is 0 Å². The first-order valence-electron chi connectivity index (χ1n) is 7.10. The molecule has 0 aromatic heterocycles. The van der Waals surface area contributed by atoms with Gasteiger partial charge in [0.2, 0.25) is 0 Å². The summed E-state index contributed by atoms with van der Waals surface area (Å²) in [5, 5.41) is 9.57. The van der Waals surface area contributed by atoms with Crippen LogP contribution >= 0.6 is 11.6 Å². The first-order valence-corrected chi connectivity index (χ1v) is 7.47. The molecule has 2 aromatic rings. The number of benzene rings is 2. The molecule has 0 bridgehead atoms.